The fourth-order valence-electron chi connectivity index (χ4n) is 3.51. The predicted molar refractivity (Wildman–Crippen MR) is 121 cm³/mol. The molecule has 0 aliphatic carbocycles. The summed E-state index contributed by atoms with van der Waals surface area (Å²) in [5.41, 5.74) is 3.13. The Morgan fingerprint density at radius 1 is 0.903 bits per heavy atom. The van der Waals surface area contributed by atoms with Crippen LogP contribution in [0.15, 0.2) is 54.6 Å². The summed E-state index contributed by atoms with van der Waals surface area (Å²) < 4.78 is 4.73. The molecule has 0 unspecified atom stereocenters. The van der Waals surface area contributed by atoms with Crippen molar-refractivity contribution in [1.82, 2.24) is 10.6 Å². The van der Waals surface area contributed by atoms with E-state index in [1.54, 1.807) is 7.05 Å². The van der Waals surface area contributed by atoms with Crippen LogP contribution in [0.25, 0.3) is 11.1 Å². The maximum atomic E-state index is 12.9. The summed E-state index contributed by atoms with van der Waals surface area (Å²) >= 11 is 0. The lowest BCUT2D eigenvalue weighted by Crippen LogP contribution is -2.49. The largest absolute Gasteiger partial charge is 0.469 e. The van der Waals surface area contributed by atoms with Gasteiger partial charge in [-0.05, 0) is 29.0 Å². The van der Waals surface area contributed by atoms with E-state index in [4.69, 9.17) is 4.74 Å². The molecular formula is C25H32N2O4. The molecule has 0 heterocycles. The van der Waals surface area contributed by atoms with Crippen LogP contribution in [0.5, 0.6) is 0 Å². The first-order valence-corrected chi connectivity index (χ1v) is 10.6. The number of carbonyl (C=O) groups is 3. The van der Waals surface area contributed by atoms with E-state index < -0.39 is 17.9 Å². The SMILES string of the molecule is CNC(=O)[C@H](Cc1ccc(-c2ccccc2)cc1)NC(=O)[C@@H](CC(=O)OC)CC(C)C. The third-order valence-electron chi connectivity index (χ3n) is 5.15. The summed E-state index contributed by atoms with van der Waals surface area (Å²) in [5, 5.41) is 5.45. The van der Waals surface area contributed by atoms with E-state index in [0.29, 0.717) is 12.8 Å². The van der Waals surface area contributed by atoms with Crippen LogP contribution in [0.4, 0.5) is 0 Å². The van der Waals surface area contributed by atoms with Crippen LogP contribution < -0.4 is 10.6 Å². The van der Waals surface area contributed by atoms with Gasteiger partial charge in [-0.1, -0.05) is 68.4 Å². The molecule has 0 spiro atoms. The molecule has 6 nitrogen and oxygen atoms in total. The molecule has 2 aromatic carbocycles. The zero-order chi connectivity index (χ0) is 22.8. The number of nitrogens with one attached hydrogen (secondary N) is 2. The van der Waals surface area contributed by atoms with Gasteiger partial charge in [0.2, 0.25) is 11.8 Å². The maximum absolute atomic E-state index is 12.9. The number of benzene rings is 2. The third-order valence-corrected chi connectivity index (χ3v) is 5.15. The normalized spacial score (nSPS) is 12.7. The number of hydrogen-bond acceptors (Lipinski definition) is 4. The fraction of sp³-hybridized carbons (Fsp3) is 0.400. The van der Waals surface area contributed by atoms with Crippen LogP contribution in [0.1, 0.15) is 32.3 Å². The van der Waals surface area contributed by atoms with Crippen molar-refractivity contribution >= 4 is 17.8 Å². The van der Waals surface area contributed by atoms with E-state index in [-0.39, 0.29) is 24.2 Å². The van der Waals surface area contributed by atoms with E-state index >= 15 is 0 Å². The summed E-state index contributed by atoms with van der Waals surface area (Å²) in [6.45, 7) is 3.98. The van der Waals surface area contributed by atoms with Gasteiger partial charge in [0.1, 0.15) is 6.04 Å². The first kappa shape index (κ1) is 24.1. The smallest absolute Gasteiger partial charge is 0.306 e. The average molecular weight is 425 g/mol. The minimum Gasteiger partial charge on any atom is -0.469 e. The second-order valence-electron chi connectivity index (χ2n) is 8.05. The van der Waals surface area contributed by atoms with Gasteiger partial charge in [-0.2, -0.15) is 0 Å². The van der Waals surface area contributed by atoms with Crippen molar-refractivity contribution in [2.75, 3.05) is 14.2 Å². The highest BCUT2D eigenvalue weighted by molar-refractivity contribution is 5.90. The van der Waals surface area contributed by atoms with Crippen LogP contribution in [0, 0.1) is 11.8 Å². The number of rotatable bonds is 10. The molecule has 0 aliphatic heterocycles. The predicted octanol–water partition coefficient (Wildman–Crippen LogP) is 3.35. The summed E-state index contributed by atoms with van der Waals surface area (Å²) in [4.78, 5) is 37.1. The Morgan fingerprint density at radius 3 is 2.06 bits per heavy atom. The van der Waals surface area contributed by atoms with E-state index in [0.717, 1.165) is 16.7 Å². The van der Waals surface area contributed by atoms with E-state index in [1.807, 2.05) is 68.4 Å². The molecule has 0 saturated heterocycles. The Labute approximate surface area is 184 Å². The van der Waals surface area contributed by atoms with Crippen LogP contribution in [0.3, 0.4) is 0 Å². The lowest BCUT2D eigenvalue weighted by Gasteiger charge is -2.22. The first-order chi connectivity index (χ1) is 14.8. The highest BCUT2D eigenvalue weighted by Gasteiger charge is 2.28. The zero-order valence-corrected chi connectivity index (χ0v) is 18.7. The second-order valence-corrected chi connectivity index (χ2v) is 8.05. The Bertz CT molecular complexity index is 863. The molecule has 31 heavy (non-hydrogen) atoms. The molecule has 2 atom stereocenters. The molecule has 0 aliphatic rings. The number of methoxy groups -OCH3 is 1. The molecule has 2 aromatic rings. The summed E-state index contributed by atoms with van der Waals surface area (Å²) in [6, 6.07) is 17.2. The van der Waals surface area contributed by atoms with Crippen molar-refractivity contribution in [1.29, 1.82) is 0 Å². The number of hydrogen-bond donors (Lipinski definition) is 2. The van der Waals surface area contributed by atoms with Gasteiger partial charge in [-0.25, -0.2) is 0 Å². The average Bonchev–Trinajstić information content (AvgIpc) is 2.78. The van der Waals surface area contributed by atoms with Crippen LogP contribution in [0.2, 0.25) is 0 Å². The zero-order valence-electron chi connectivity index (χ0n) is 18.7. The van der Waals surface area contributed by atoms with Gasteiger partial charge < -0.3 is 15.4 Å². The van der Waals surface area contributed by atoms with Gasteiger partial charge in [-0.15, -0.1) is 0 Å². The minimum absolute atomic E-state index is 0.00719. The molecule has 0 saturated carbocycles. The number of ether oxygens (including phenoxy) is 1. The molecular weight excluding hydrogens is 392 g/mol. The molecule has 2 N–H and O–H groups in total. The van der Waals surface area contributed by atoms with Gasteiger partial charge in [0.05, 0.1) is 13.5 Å². The third kappa shape index (κ3) is 7.55. The number of esters is 1. The van der Waals surface area contributed by atoms with Crippen molar-refractivity contribution in [3.63, 3.8) is 0 Å². The topological polar surface area (TPSA) is 84.5 Å². The number of amides is 2. The highest BCUT2D eigenvalue weighted by Crippen LogP contribution is 2.20. The number of likely N-dealkylation sites (N-methyl/N-ethyl adjacent to an activating group) is 1. The second kappa shape index (κ2) is 11.9. The molecule has 0 bridgehead atoms. The summed E-state index contributed by atoms with van der Waals surface area (Å²) in [7, 11) is 2.85. The molecule has 0 fully saturated rings. The molecule has 6 heteroatoms. The standard InChI is InChI=1S/C25H32N2O4/c1-17(2)14-21(16-23(28)31-4)24(29)27-22(25(30)26-3)15-18-10-12-20(13-11-18)19-8-6-5-7-9-19/h5-13,17,21-22H,14-16H2,1-4H3,(H,26,30)(H,27,29)/t21-,22+/m1/s1. The Kier molecular flexibility index (Phi) is 9.25. The first-order valence-electron chi connectivity index (χ1n) is 10.6. The molecule has 0 radical (unpaired) electrons. The van der Waals surface area contributed by atoms with Crippen molar-refractivity contribution < 1.29 is 19.1 Å². The molecule has 166 valence electrons. The fourth-order valence-corrected chi connectivity index (χ4v) is 3.51. The van der Waals surface area contributed by atoms with Crippen LogP contribution >= 0.6 is 0 Å². The Hall–Kier alpha value is -3.15. The van der Waals surface area contributed by atoms with E-state index in [2.05, 4.69) is 10.6 Å². The van der Waals surface area contributed by atoms with Gasteiger partial charge >= 0.3 is 5.97 Å². The lowest BCUT2D eigenvalue weighted by atomic mass is 9.92. The van der Waals surface area contributed by atoms with Gasteiger partial charge in [-0.3, -0.25) is 14.4 Å². The van der Waals surface area contributed by atoms with Gasteiger partial charge in [0, 0.05) is 19.4 Å². The van der Waals surface area contributed by atoms with Crippen molar-refractivity contribution in [2.24, 2.45) is 11.8 Å². The van der Waals surface area contributed by atoms with Gasteiger partial charge in [0.25, 0.3) is 0 Å². The maximum Gasteiger partial charge on any atom is 0.306 e. The van der Waals surface area contributed by atoms with Crippen LogP contribution in [-0.4, -0.2) is 38.0 Å². The lowest BCUT2D eigenvalue weighted by molar-refractivity contribution is -0.144. The van der Waals surface area contributed by atoms with Crippen molar-refractivity contribution in [2.45, 2.75) is 39.2 Å². The van der Waals surface area contributed by atoms with Crippen molar-refractivity contribution in [3.05, 3.63) is 60.2 Å². The van der Waals surface area contributed by atoms with E-state index in [1.165, 1.54) is 7.11 Å². The Morgan fingerprint density at radius 2 is 1.52 bits per heavy atom. The van der Waals surface area contributed by atoms with E-state index in [9.17, 15) is 14.4 Å². The molecule has 2 rings (SSSR count). The molecule has 0 aromatic heterocycles. The molecule has 2 amide bonds. The Balaban J connectivity index is 2.12. The quantitative estimate of drug-likeness (QED) is 0.573. The highest BCUT2D eigenvalue weighted by atomic mass is 16.5. The van der Waals surface area contributed by atoms with Crippen molar-refractivity contribution in [3.8, 4) is 11.1 Å². The van der Waals surface area contributed by atoms with Crippen LogP contribution in [-0.2, 0) is 25.5 Å². The monoisotopic (exact) mass is 424 g/mol. The summed E-state index contributed by atoms with van der Waals surface area (Å²) in [6.07, 6.45) is 0.882. The minimum atomic E-state index is -0.729. The van der Waals surface area contributed by atoms with Gasteiger partial charge in [0.15, 0.2) is 0 Å². The number of carbonyl (C=O) groups excluding carboxylic acids is 3. The summed E-state index contributed by atoms with van der Waals surface area (Å²) in [5.74, 6) is -1.34.